The second-order valence-corrected chi connectivity index (χ2v) is 5.43. The van der Waals surface area contributed by atoms with Crippen molar-refractivity contribution in [3.63, 3.8) is 0 Å². The van der Waals surface area contributed by atoms with E-state index < -0.39 is 0 Å². The summed E-state index contributed by atoms with van der Waals surface area (Å²) in [6, 6.07) is 15.4. The molecule has 4 heteroatoms. The van der Waals surface area contributed by atoms with Crippen molar-refractivity contribution in [1.82, 2.24) is 4.90 Å². The van der Waals surface area contributed by atoms with Crippen LogP contribution >= 0.6 is 0 Å². The maximum absolute atomic E-state index is 12.3. The number of nitrogens with one attached hydrogen (secondary N) is 1. The second-order valence-electron chi connectivity index (χ2n) is 5.43. The van der Waals surface area contributed by atoms with E-state index in [0.717, 1.165) is 29.1 Å². The van der Waals surface area contributed by atoms with Crippen molar-refractivity contribution in [2.24, 2.45) is 0 Å². The number of carbonyl (C=O) groups is 1. The fourth-order valence-electron chi connectivity index (χ4n) is 2.34. The minimum atomic E-state index is -0.0456. The van der Waals surface area contributed by atoms with Crippen LogP contribution in [0.2, 0.25) is 0 Å². The van der Waals surface area contributed by atoms with Gasteiger partial charge in [-0.25, -0.2) is 0 Å². The largest absolute Gasteiger partial charge is 0.496 e. The lowest BCUT2D eigenvalue weighted by Gasteiger charge is -2.15. The molecular weight excluding hydrogens is 276 g/mol. The van der Waals surface area contributed by atoms with E-state index in [-0.39, 0.29) is 5.91 Å². The van der Waals surface area contributed by atoms with Crippen LogP contribution < -0.4 is 10.1 Å². The van der Waals surface area contributed by atoms with E-state index >= 15 is 0 Å². The zero-order valence-electron chi connectivity index (χ0n) is 13.3. The van der Waals surface area contributed by atoms with E-state index in [0.29, 0.717) is 6.42 Å². The van der Waals surface area contributed by atoms with Crippen LogP contribution in [0.5, 0.6) is 5.75 Å². The molecule has 0 spiro atoms. The first-order chi connectivity index (χ1) is 10.6. The van der Waals surface area contributed by atoms with Gasteiger partial charge in [-0.3, -0.25) is 4.79 Å². The Kier molecular flexibility index (Phi) is 5.55. The summed E-state index contributed by atoms with van der Waals surface area (Å²) in [5.74, 6) is 0.690. The van der Waals surface area contributed by atoms with Crippen LogP contribution in [0.25, 0.3) is 0 Å². The van der Waals surface area contributed by atoms with Crippen molar-refractivity contribution in [3.8, 4) is 5.75 Å². The Balaban J connectivity index is 2.09. The molecule has 0 aromatic heterocycles. The number of hydrogen-bond acceptors (Lipinski definition) is 3. The first-order valence-electron chi connectivity index (χ1n) is 7.24. The Labute approximate surface area is 131 Å². The molecule has 0 radical (unpaired) electrons. The number of carbonyl (C=O) groups excluding carboxylic acids is 1. The third kappa shape index (κ3) is 4.33. The molecule has 1 N–H and O–H groups in total. The third-order valence-electron chi connectivity index (χ3n) is 3.32. The standard InChI is InChI=1S/C18H22N2O2/c1-20(2)13-15-9-4-6-10-16(15)19-18(21)12-14-8-5-7-11-17(14)22-3/h4-11H,12-13H2,1-3H3,(H,19,21). The number of ether oxygens (including phenoxy) is 1. The SMILES string of the molecule is COc1ccccc1CC(=O)Nc1ccccc1CN(C)C. The minimum absolute atomic E-state index is 0.0456. The number of hydrogen-bond donors (Lipinski definition) is 1. The highest BCUT2D eigenvalue weighted by Gasteiger charge is 2.10. The van der Waals surface area contributed by atoms with Gasteiger partial charge in [0.2, 0.25) is 5.91 Å². The van der Waals surface area contributed by atoms with E-state index in [4.69, 9.17) is 4.74 Å². The molecule has 0 saturated carbocycles. The van der Waals surface area contributed by atoms with Crippen molar-refractivity contribution >= 4 is 11.6 Å². The smallest absolute Gasteiger partial charge is 0.228 e. The molecule has 0 fully saturated rings. The van der Waals surface area contributed by atoms with Crippen LogP contribution in [-0.2, 0) is 17.8 Å². The lowest BCUT2D eigenvalue weighted by Crippen LogP contribution is -2.18. The Bertz CT molecular complexity index is 638. The molecule has 2 rings (SSSR count). The zero-order valence-corrected chi connectivity index (χ0v) is 13.3. The number of methoxy groups -OCH3 is 1. The van der Waals surface area contributed by atoms with E-state index in [2.05, 4.69) is 10.2 Å². The van der Waals surface area contributed by atoms with Crippen molar-refractivity contribution in [2.75, 3.05) is 26.5 Å². The topological polar surface area (TPSA) is 41.6 Å². The van der Waals surface area contributed by atoms with Crippen LogP contribution in [0.3, 0.4) is 0 Å². The van der Waals surface area contributed by atoms with Crippen LogP contribution in [0.4, 0.5) is 5.69 Å². The second kappa shape index (κ2) is 7.61. The van der Waals surface area contributed by atoms with E-state index in [1.165, 1.54) is 0 Å². The fourth-order valence-corrected chi connectivity index (χ4v) is 2.34. The molecule has 2 aromatic carbocycles. The van der Waals surface area contributed by atoms with Gasteiger partial charge in [0, 0.05) is 17.8 Å². The van der Waals surface area contributed by atoms with Gasteiger partial charge >= 0.3 is 0 Å². The maximum atomic E-state index is 12.3. The molecular formula is C18H22N2O2. The number of para-hydroxylation sites is 2. The molecule has 0 bridgehead atoms. The molecule has 0 atom stereocenters. The number of benzene rings is 2. The van der Waals surface area contributed by atoms with Gasteiger partial charge in [-0.05, 0) is 31.8 Å². The number of anilines is 1. The first-order valence-corrected chi connectivity index (χ1v) is 7.24. The highest BCUT2D eigenvalue weighted by molar-refractivity contribution is 5.93. The molecule has 0 aliphatic carbocycles. The van der Waals surface area contributed by atoms with Crippen LogP contribution in [-0.4, -0.2) is 32.0 Å². The first kappa shape index (κ1) is 16.0. The number of amides is 1. The number of rotatable bonds is 6. The molecule has 0 heterocycles. The highest BCUT2D eigenvalue weighted by Crippen LogP contribution is 2.20. The monoisotopic (exact) mass is 298 g/mol. The molecule has 1 amide bonds. The van der Waals surface area contributed by atoms with Crippen LogP contribution in [0.15, 0.2) is 48.5 Å². The lowest BCUT2D eigenvalue weighted by molar-refractivity contribution is -0.115. The normalized spacial score (nSPS) is 10.5. The Hall–Kier alpha value is -2.33. The summed E-state index contributed by atoms with van der Waals surface area (Å²) in [5.41, 5.74) is 2.84. The van der Waals surface area contributed by atoms with Gasteiger partial charge in [0.05, 0.1) is 13.5 Å². The molecule has 2 aromatic rings. The van der Waals surface area contributed by atoms with Gasteiger partial charge < -0.3 is 15.0 Å². The average molecular weight is 298 g/mol. The van der Waals surface area contributed by atoms with Crippen LogP contribution in [0.1, 0.15) is 11.1 Å². The summed E-state index contributed by atoms with van der Waals surface area (Å²) in [6.45, 7) is 0.783. The maximum Gasteiger partial charge on any atom is 0.228 e. The predicted molar refractivity (Wildman–Crippen MR) is 89.2 cm³/mol. The van der Waals surface area contributed by atoms with Gasteiger partial charge in [-0.1, -0.05) is 36.4 Å². The average Bonchev–Trinajstić information content (AvgIpc) is 2.49. The summed E-state index contributed by atoms with van der Waals surface area (Å²) in [5, 5.41) is 2.99. The summed E-state index contributed by atoms with van der Waals surface area (Å²) in [4.78, 5) is 14.4. The van der Waals surface area contributed by atoms with Gasteiger partial charge in [-0.15, -0.1) is 0 Å². The van der Waals surface area contributed by atoms with Crippen molar-refractivity contribution in [1.29, 1.82) is 0 Å². The fraction of sp³-hybridized carbons (Fsp3) is 0.278. The molecule has 116 valence electrons. The van der Waals surface area contributed by atoms with E-state index in [9.17, 15) is 4.79 Å². The van der Waals surface area contributed by atoms with E-state index in [1.807, 2.05) is 62.6 Å². The summed E-state index contributed by atoms with van der Waals surface area (Å²) < 4.78 is 5.29. The predicted octanol–water partition coefficient (Wildman–Crippen LogP) is 2.94. The van der Waals surface area contributed by atoms with Crippen molar-refractivity contribution in [3.05, 3.63) is 59.7 Å². The lowest BCUT2D eigenvalue weighted by atomic mass is 10.1. The minimum Gasteiger partial charge on any atom is -0.496 e. The van der Waals surface area contributed by atoms with Gasteiger partial charge in [0.15, 0.2) is 0 Å². The van der Waals surface area contributed by atoms with Gasteiger partial charge in [-0.2, -0.15) is 0 Å². The highest BCUT2D eigenvalue weighted by atomic mass is 16.5. The molecule has 0 aliphatic rings. The van der Waals surface area contributed by atoms with Gasteiger partial charge in [0.25, 0.3) is 0 Å². The van der Waals surface area contributed by atoms with Crippen LogP contribution in [0, 0.1) is 0 Å². The molecule has 0 unspecified atom stereocenters. The van der Waals surface area contributed by atoms with E-state index in [1.54, 1.807) is 7.11 Å². The summed E-state index contributed by atoms with van der Waals surface area (Å²) in [7, 11) is 5.63. The summed E-state index contributed by atoms with van der Waals surface area (Å²) in [6.07, 6.45) is 0.292. The zero-order chi connectivity index (χ0) is 15.9. The Morgan fingerprint density at radius 3 is 2.36 bits per heavy atom. The molecule has 4 nitrogen and oxygen atoms in total. The quantitative estimate of drug-likeness (QED) is 0.891. The van der Waals surface area contributed by atoms with Gasteiger partial charge in [0.1, 0.15) is 5.75 Å². The third-order valence-corrected chi connectivity index (χ3v) is 3.32. The van der Waals surface area contributed by atoms with Crippen molar-refractivity contribution < 1.29 is 9.53 Å². The molecule has 0 aliphatic heterocycles. The number of nitrogens with zero attached hydrogens (tertiary/aromatic N) is 1. The Morgan fingerprint density at radius 1 is 1.05 bits per heavy atom. The molecule has 0 saturated heterocycles. The Morgan fingerprint density at radius 2 is 1.68 bits per heavy atom. The summed E-state index contributed by atoms with van der Waals surface area (Å²) >= 11 is 0. The molecule has 22 heavy (non-hydrogen) atoms. The van der Waals surface area contributed by atoms with Crippen molar-refractivity contribution in [2.45, 2.75) is 13.0 Å².